The lowest BCUT2D eigenvalue weighted by Gasteiger charge is -2.32. The van der Waals surface area contributed by atoms with Gasteiger partial charge in [-0.3, -0.25) is 9.59 Å². The first kappa shape index (κ1) is 22.2. The van der Waals surface area contributed by atoms with Crippen LogP contribution in [0.25, 0.3) is 5.69 Å². The van der Waals surface area contributed by atoms with Gasteiger partial charge in [0.2, 0.25) is 5.91 Å². The minimum atomic E-state index is -0.112. The van der Waals surface area contributed by atoms with E-state index in [-0.39, 0.29) is 29.1 Å². The SMILES string of the molecule is COc1ccc(-n2nc([C@@H]3CCCN3C(=O)C3CCCCC3)c3c2CC(C)(C)CC3=O)cc1. The van der Waals surface area contributed by atoms with Gasteiger partial charge in [0, 0.05) is 18.9 Å². The summed E-state index contributed by atoms with van der Waals surface area (Å²) in [5, 5.41) is 5.05. The van der Waals surface area contributed by atoms with Crippen LogP contribution in [0.3, 0.4) is 0 Å². The number of Topliss-reactive ketones (excluding diaryl/α,β-unsaturated/α-hetero) is 1. The van der Waals surface area contributed by atoms with Gasteiger partial charge in [0.25, 0.3) is 0 Å². The van der Waals surface area contributed by atoms with E-state index in [1.54, 1.807) is 7.11 Å². The summed E-state index contributed by atoms with van der Waals surface area (Å²) in [7, 11) is 1.65. The molecule has 1 amide bonds. The lowest BCUT2D eigenvalue weighted by molar-refractivity contribution is -0.137. The summed E-state index contributed by atoms with van der Waals surface area (Å²) in [4.78, 5) is 28.9. The number of hydrogen-bond acceptors (Lipinski definition) is 4. The van der Waals surface area contributed by atoms with Crippen LogP contribution in [0, 0.1) is 11.3 Å². The average molecular weight is 450 g/mol. The van der Waals surface area contributed by atoms with E-state index in [2.05, 4.69) is 13.8 Å². The van der Waals surface area contributed by atoms with Gasteiger partial charge in [0.05, 0.1) is 35.8 Å². The molecule has 6 heteroatoms. The Bertz CT molecular complexity index is 1050. The number of methoxy groups -OCH3 is 1. The van der Waals surface area contributed by atoms with Crippen LogP contribution in [0.15, 0.2) is 24.3 Å². The fraction of sp³-hybridized carbons (Fsp3) is 0.593. The van der Waals surface area contributed by atoms with E-state index in [1.807, 2.05) is 33.8 Å². The van der Waals surface area contributed by atoms with Gasteiger partial charge >= 0.3 is 0 Å². The number of aromatic nitrogens is 2. The third-order valence-electron chi connectivity index (χ3n) is 7.69. The van der Waals surface area contributed by atoms with Crippen LogP contribution in [0.4, 0.5) is 0 Å². The average Bonchev–Trinajstić information content (AvgIpc) is 3.43. The Hall–Kier alpha value is -2.63. The van der Waals surface area contributed by atoms with E-state index in [9.17, 15) is 9.59 Å². The first-order valence-corrected chi connectivity index (χ1v) is 12.5. The molecule has 1 aliphatic heterocycles. The minimum absolute atomic E-state index is 0.0992. The van der Waals surface area contributed by atoms with Crippen LogP contribution in [0.5, 0.6) is 5.75 Å². The smallest absolute Gasteiger partial charge is 0.226 e. The Balaban J connectivity index is 1.56. The quantitative estimate of drug-likeness (QED) is 0.637. The molecule has 176 valence electrons. The molecule has 3 aliphatic rings. The summed E-state index contributed by atoms with van der Waals surface area (Å²) in [6, 6.07) is 7.72. The third-order valence-corrected chi connectivity index (χ3v) is 7.69. The maximum atomic E-state index is 13.5. The zero-order chi connectivity index (χ0) is 23.2. The molecule has 2 heterocycles. The van der Waals surface area contributed by atoms with Gasteiger partial charge in [-0.15, -0.1) is 0 Å². The van der Waals surface area contributed by atoms with Crippen molar-refractivity contribution < 1.29 is 14.3 Å². The Morgan fingerprint density at radius 1 is 1.03 bits per heavy atom. The molecule has 33 heavy (non-hydrogen) atoms. The molecule has 1 atom stereocenters. The molecule has 1 aromatic heterocycles. The van der Waals surface area contributed by atoms with Gasteiger partial charge < -0.3 is 9.64 Å². The number of amides is 1. The molecule has 2 aliphatic carbocycles. The van der Waals surface area contributed by atoms with Crippen molar-refractivity contribution in [1.82, 2.24) is 14.7 Å². The highest BCUT2D eigenvalue weighted by Crippen LogP contribution is 2.43. The van der Waals surface area contributed by atoms with Crippen molar-refractivity contribution in [3.05, 3.63) is 41.2 Å². The molecule has 0 unspecified atom stereocenters. The Morgan fingerprint density at radius 3 is 2.45 bits per heavy atom. The van der Waals surface area contributed by atoms with Crippen LogP contribution in [-0.2, 0) is 11.2 Å². The molecule has 0 N–H and O–H groups in total. The summed E-state index contributed by atoms with van der Waals surface area (Å²) in [5.41, 5.74) is 3.36. The molecule has 0 radical (unpaired) electrons. The molecule has 2 aromatic rings. The number of nitrogens with zero attached hydrogens (tertiary/aromatic N) is 3. The maximum Gasteiger partial charge on any atom is 0.226 e. The number of ether oxygens (including phenoxy) is 1. The Kier molecular flexibility index (Phi) is 5.79. The van der Waals surface area contributed by atoms with Gasteiger partial charge in [-0.2, -0.15) is 5.10 Å². The van der Waals surface area contributed by atoms with E-state index in [4.69, 9.17) is 9.84 Å². The molecule has 6 nitrogen and oxygen atoms in total. The number of ketones is 1. The normalized spacial score (nSPS) is 22.9. The first-order valence-electron chi connectivity index (χ1n) is 12.5. The zero-order valence-electron chi connectivity index (χ0n) is 20.1. The molecule has 5 rings (SSSR count). The topological polar surface area (TPSA) is 64.4 Å². The zero-order valence-corrected chi connectivity index (χ0v) is 20.1. The van der Waals surface area contributed by atoms with E-state index < -0.39 is 0 Å². The largest absolute Gasteiger partial charge is 0.497 e. The molecular formula is C27H35N3O3. The Morgan fingerprint density at radius 2 is 1.76 bits per heavy atom. The predicted octanol–water partition coefficient (Wildman–Crippen LogP) is 5.28. The molecule has 0 bridgehead atoms. The van der Waals surface area contributed by atoms with E-state index >= 15 is 0 Å². The summed E-state index contributed by atoms with van der Waals surface area (Å²) in [5.74, 6) is 1.35. The van der Waals surface area contributed by atoms with E-state index in [1.165, 1.54) is 6.42 Å². The molecule has 1 saturated heterocycles. The molecule has 1 aromatic carbocycles. The van der Waals surface area contributed by atoms with Crippen molar-refractivity contribution in [2.75, 3.05) is 13.7 Å². The van der Waals surface area contributed by atoms with Crippen molar-refractivity contribution in [3.63, 3.8) is 0 Å². The fourth-order valence-electron chi connectivity index (χ4n) is 6.05. The Labute approximate surface area is 196 Å². The van der Waals surface area contributed by atoms with Crippen LogP contribution in [-0.4, -0.2) is 40.0 Å². The number of fused-ring (bicyclic) bond motifs is 1. The van der Waals surface area contributed by atoms with Gasteiger partial charge in [-0.1, -0.05) is 33.1 Å². The molecule has 0 spiro atoms. The summed E-state index contributed by atoms with van der Waals surface area (Å²) < 4.78 is 7.27. The second-order valence-corrected chi connectivity index (χ2v) is 10.8. The number of likely N-dealkylation sites (tertiary alicyclic amines) is 1. The predicted molar refractivity (Wildman–Crippen MR) is 127 cm³/mol. The molecular weight excluding hydrogens is 414 g/mol. The van der Waals surface area contributed by atoms with Gasteiger partial charge in [0.1, 0.15) is 5.75 Å². The summed E-state index contributed by atoms with van der Waals surface area (Å²) in [6.45, 7) is 5.06. The molecule has 2 fully saturated rings. The fourth-order valence-corrected chi connectivity index (χ4v) is 6.05. The van der Waals surface area contributed by atoms with Crippen molar-refractivity contribution >= 4 is 11.7 Å². The van der Waals surface area contributed by atoms with Crippen LogP contribution in [0.2, 0.25) is 0 Å². The van der Waals surface area contributed by atoms with Gasteiger partial charge in [0.15, 0.2) is 5.78 Å². The third kappa shape index (κ3) is 4.09. The van der Waals surface area contributed by atoms with Crippen molar-refractivity contribution in [2.24, 2.45) is 11.3 Å². The standard InChI is InChI=1S/C27H35N3O3/c1-27(2)16-22-24(23(31)17-27)25(28-30(22)19-11-13-20(33-3)14-12-19)21-10-7-15-29(21)26(32)18-8-5-4-6-9-18/h11-14,18,21H,4-10,15-17H2,1-3H3/t21-/m0/s1. The van der Waals surface area contributed by atoms with E-state index in [0.29, 0.717) is 6.42 Å². The van der Waals surface area contributed by atoms with Crippen LogP contribution < -0.4 is 4.74 Å². The highest BCUT2D eigenvalue weighted by Gasteiger charge is 2.42. The first-order chi connectivity index (χ1) is 15.9. The number of carbonyl (C=O) groups excluding carboxylic acids is 2. The van der Waals surface area contributed by atoms with E-state index in [0.717, 1.165) is 79.9 Å². The van der Waals surface area contributed by atoms with Gasteiger partial charge in [-0.05, 0) is 61.8 Å². The van der Waals surface area contributed by atoms with Crippen molar-refractivity contribution in [2.45, 2.75) is 77.7 Å². The number of carbonyl (C=O) groups is 2. The maximum absolute atomic E-state index is 13.5. The van der Waals surface area contributed by atoms with Crippen LogP contribution >= 0.6 is 0 Å². The minimum Gasteiger partial charge on any atom is -0.497 e. The lowest BCUT2D eigenvalue weighted by Crippen LogP contribution is -2.37. The van der Waals surface area contributed by atoms with Gasteiger partial charge in [-0.25, -0.2) is 4.68 Å². The van der Waals surface area contributed by atoms with Crippen molar-refractivity contribution in [3.8, 4) is 11.4 Å². The second kappa shape index (κ2) is 8.62. The van der Waals surface area contributed by atoms with Crippen molar-refractivity contribution in [1.29, 1.82) is 0 Å². The summed E-state index contributed by atoms with van der Waals surface area (Å²) >= 11 is 0. The molecule has 1 saturated carbocycles. The number of benzene rings is 1. The van der Waals surface area contributed by atoms with Crippen LogP contribution in [0.1, 0.15) is 93.0 Å². The number of rotatable bonds is 4. The highest BCUT2D eigenvalue weighted by molar-refractivity contribution is 6.00. The second-order valence-electron chi connectivity index (χ2n) is 10.8. The lowest BCUT2D eigenvalue weighted by atomic mass is 9.75. The highest BCUT2D eigenvalue weighted by atomic mass is 16.5. The monoisotopic (exact) mass is 449 g/mol. The number of hydrogen-bond donors (Lipinski definition) is 0. The summed E-state index contributed by atoms with van der Waals surface area (Å²) in [6.07, 6.45) is 8.65.